The molecule has 2 saturated heterocycles. The molecule has 110 valence electrons. The molecule has 2 fully saturated rings. The number of methoxy groups -OCH3 is 1. The van der Waals surface area contributed by atoms with Gasteiger partial charge in [-0.2, -0.15) is 0 Å². The van der Waals surface area contributed by atoms with Crippen molar-refractivity contribution in [1.29, 1.82) is 0 Å². The lowest BCUT2D eigenvalue weighted by Gasteiger charge is -2.44. The molecule has 0 N–H and O–H groups in total. The van der Waals surface area contributed by atoms with Crippen molar-refractivity contribution in [2.75, 3.05) is 33.3 Å². The average molecular weight is 339 g/mol. The van der Waals surface area contributed by atoms with Gasteiger partial charge in [-0.3, -0.25) is 9.80 Å². The van der Waals surface area contributed by atoms with Gasteiger partial charge in [0.15, 0.2) is 0 Å². The number of fused-ring (bicyclic) bond motifs is 1. The second-order valence-corrected chi connectivity index (χ2v) is 6.73. The van der Waals surface area contributed by atoms with E-state index in [0.717, 1.165) is 18.3 Å². The minimum atomic E-state index is 0.780. The molecule has 0 aliphatic carbocycles. The maximum absolute atomic E-state index is 5.34. The minimum absolute atomic E-state index is 0.780. The highest BCUT2D eigenvalue weighted by atomic mass is 79.9. The number of nitrogens with zero attached hydrogens (tertiary/aromatic N) is 2. The molecule has 2 aliphatic rings. The highest BCUT2D eigenvalue weighted by Gasteiger charge is 2.28. The van der Waals surface area contributed by atoms with Crippen LogP contribution in [0, 0.1) is 0 Å². The number of rotatable bonds is 3. The zero-order valence-corrected chi connectivity index (χ0v) is 13.7. The summed E-state index contributed by atoms with van der Waals surface area (Å²) in [5.74, 6) is 0.944. The molecule has 3 rings (SSSR count). The molecule has 0 saturated carbocycles. The Kier molecular flexibility index (Phi) is 4.64. The first-order valence-electron chi connectivity index (χ1n) is 7.55. The van der Waals surface area contributed by atoms with E-state index in [4.69, 9.17) is 4.74 Å². The molecule has 4 heteroatoms. The third kappa shape index (κ3) is 3.18. The second-order valence-electron chi connectivity index (χ2n) is 5.88. The molecule has 2 aliphatic heterocycles. The summed E-state index contributed by atoms with van der Waals surface area (Å²) in [5, 5.41) is 0. The van der Waals surface area contributed by atoms with Crippen LogP contribution in [0.5, 0.6) is 5.75 Å². The summed E-state index contributed by atoms with van der Waals surface area (Å²) in [6, 6.07) is 7.02. The lowest BCUT2D eigenvalue weighted by Crippen LogP contribution is -2.54. The molecule has 1 aromatic rings. The monoisotopic (exact) mass is 338 g/mol. The van der Waals surface area contributed by atoms with Crippen molar-refractivity contribution in [3.05, 3.63) is 28.2 Å². The summed E-state index contributed by atoms with van der Waals surface area (Å²) in [4.78, 5) is 5.27. The lowest BCUT2D eigenvalue weighted by atomic mass is 9.99. The molecule has 1 aromatic carbocycles. The zero-order chi connectivity index (χ0) is 13.9. The second kappa shape index (κ2) is 6.46. The van der Waals surface area contributed by atoms with Gasteiger partial charge in [-0.1, -0.05) is 22.4 Å². The first-order chi connectivity index (χ1) is 9.76. The largest absolute Gasteiger partial charge is 0.497 e. The Morgan fingerprint density at radius 1 is 1.25 bits per heavy atom. The third-order valence-corrected chi connectivity index (χ3v) is 5.34. The van der Waals surface area contributed by atoms with Gasteiger partial charge in [0.2, 0.25) is 0 Å². The molecule has 0 radical (unpaired) electrons. The zero-order valence-electron chi connectivity index (χ0n) is 12.1. The molecule has 1 atom stereocenters. The van der Waals surface area contributed by atoms with Crippen molar-refractivity contribution in [2.24, 2.45) is 0 Å². The topological polar surface area (TPSA) is 15.7 Å². The van der Waals surface area contributed by atoms with E-state index in [2.05, 4.69) is 37.9 Å². The van der Waals surface area contributed by atoms with Crippen LogP contribution in [0.3, 0.4) is 0 Å². The number of piperazine rings is 1. The van der Waals surface area contributed by atoms with E-state index in [-0.39, 0.29) is 0 Å². The number of hydrogen-bond donors (Lipinski definition) is 0. The maximum Gasteiger partial charge on any atom is 0.119 e. The SMILES string of the molecule is COc1ccc(Br)c(CN2CCN3CCCCC3C2)c1. The van der Waals surface area contributed by atoms with Crippen LogP contribution < -0.4 is 4.74 Å². The highest BCUT2D eigenvalue weighted by Crippen LogP contribution is 2.26. The van der Waals surface area contributed by atoms with E-state index in [1.54, 1.807) is 7.11 Å². The Labute approximate surface area is 130 Å². The number of halogens is 1. The van der Waals surface area contributed by atoms with Gasteiger partial charge in [0.1, 0.15) is 5.75 Å². The molecule has 0 spiro atoms. The van der Waals surface area contributed by atoms with Crippen molar-refractivity contribution in [2.45, 2.75) is 31.8 Å². The Bertz CT molecular complexity index is 466. The minimum Gasteiger partial charge on any atom is -0.497 e. The first kappa shape index (κ1) is 14.4. The average Bonchev–Trinajstić information content (AvgIpc) is 2.49. The Morgan fingerprint density at radius 3 is 3.00 bits per heavy atom. The van der Waals surface area contributed by atoms with Crippen LogP contribution in [0.4, 0.5) is 0 Å². The summed E-state index contributed by atoms with van der Waals surface area (Å²) in [7, 11) is 1.73. The van der Waals surface area contributed by atoms with Gasteiger partial charge in [0, 0.05) is 36.7 Å². The molecule has 3 nitrogen and oxygen atoms in total. The molecule has 20 heavy (non-hydrogen) atoms. The van der Waals surface area contributed by atoms with Crippen molar-refractivity contribution in [3.63, 3.8) is 0 Å². The number of piperidine rings is 1. The normalized spacial score (nSPS) is 24.4. The van der Waals surface area contributed by atoms with Crippen LogP contribution in [0.1, 0.15) is 24.8 Å². The van der Waals surface area contributed by atoms with Crippen LogP contribution in [-0.2, 0) is 6.54 Å². The van der Waals surface area contributed by atoms with E-state index in [1.165, 1.54) is 55.5 Å². The van der Waals surface area contributed by atoms with Gasteiger partial charge in [-0.15, -0.1) is 0 Å². The first-order valence-corrected chi connectivity index (χ1v) is 8.34. The van der Waals surface area contributed by atoms with E-state index < -0.39 is 0 Å². The van der Waals surface area contributed by atoms with Crippen molar-refractivity contribution >= 4 is 15.9 Å². The van der Waals surface area contributed by atoms with E-state index in [1.807, 2.05) is 6.07 Å². The number of benzene rings is 1. The molecule has 0 bridgehead atoms. The standard InChI is InChI=1S/C16H23BrN2O/c1-20-15-5-6-16(17)13(10-15)11-18-8-9-19-7-3-2-4-14(19)12-18/h5-6,10,14H,2-4,7-9,11-12H2,1H3. The number of hydrogen-bond acceptors (Lipinski definition) is 3. The Morgan fingerprint density at radius 2 is 2.15 bits per heavy atom. The summed E-state index contributed by atoms with van der Waals surface area (Å²) in [6.45, 7) is 5.94. The maximum atomic E-state index is 5.34. The Balaban J connectivity index is 1.66. The van der Waals surface area contributed by atoms with Gasteiger partial charge in [0.25, 0.3) is 0 Å². The molecular weight excluding hydrogens is 316 g/mol. The third-order valence-electron chi connectivity index (χ3n) is 4.57. The van der Waals surface area contributed by atoms with E-state index in [9.17, 15) is 0 Å². The summed E-state index contributed by atoms with van der Waals surface area (Å²) in [5.41, 5.74) is 1.33. The van der Waals surface area contributed by atoms with Crippen molar-refractivity contribution in [1.82, 2.24) is 9.80 Å². The van der Waals surface area contributed by atoms with Gasteiger partial charge in [-0.25, -0.2) is 0 Å². The lowest BCUT2D eigenvalue weighted by molar-refractivity contribution is 0.0456. The van der Waals surface area contributed by atoms with E-state index >= 15 is 0 Å². The van der Waals surface area contributed by atoms with Crippen LogP contribution in [-0.4, -0.2) is 49.1 Å². The fraction of sp³-hybridized carbons (Fsp3) is 0.625. The van der Waals surface area contributed by atoms with Crippen LogP contribution in [0.15, 0.2) is 22.7 Å². The molecule has 2 heterocycles. The van der Waals surface area contributed by atoms with Crippen molar-refractivity contribution in [3.8, 4) is 5.75 Å². The smallest absolute Gasteiger partial charge is 0.119 e. The van der Waals surface area contributed by atoms with Crippen LogP contribution in [0.25, 0.3) is 0 Å². The quantitative estimate of drug-likeness (QED) is 0.842. The van der Waals surface area contributed by atoms with Gasteiger partial charge in [0.05, 0.1) is 7.11 Å². The fourth-order valence-corrected chi connectivity index (χ4v) is 3.78. The van der Waals surface area contributed by atoms with E-state index in [0.29, 0.717) is 0 Å². The Hall–Kier alpha value is -0.580. The van der Waals surface area contributed by atoms with Gasteiger partial charge in [-0.05, 0) is 43.1 Å². The fourth-order valence-electron chi connectivity index (χ4n) is 3.40. The molecule has 0 amide bonds. The van der Waals surface area contributed by atoms with Crippen molar-refractivity contribution < 1.29 is 4.74 Å². The molecule has 1 unspecified atom stereocenters. The predicted molar refractivity (Wildman–Crippen MR) is 85.2 cm³/mol. The summed E-state index contributed by atoms with van der Waals surface area (Å²) < 4.78 is 6.52. The molecule has 0 aromatic heterocycles. The predicted octanol–water partition coefficient (Wildman–Crippen LogP) is 3.13. The molecular formula is C16H23BrN2O. The number of ether oxygens (including phenoxy) is 1. The highest BCUT2D eigenvalue weighted by molar-refractivity contribution is 9.10. The van der Waals surface area contributed by atoms with Crippen LogP contribution in [0.2, 0.25) is 0 Å². The summed E-state index contributed by atoms with van der Waals surface area (Å²) in [6.07, 6.45) is 4.16. The van der Waals surface area contributed by atoms with Gasteiger partial charge < -0.3 is 4.74 Å². The summed E-state index contributed by atoms with van der Waals surface area (Å²) >= 11 is 3.66. The van der Waals surface area contributed by atoms with Crippen LogP contribution >= 0.6 is 15.9 Å². The van der Waals surface area contributed by atoms with Gasteiger partial charge >= 0.3 is 0 Å².